The molecule has 5 atom stereocenters. The molecule has 2 rings (SSSR count). The molecule has 0 aliphatic rings. The average Bonchev–Trinajstić information content (AvgIpc) is 3.25. The molecule has 3 amide bonds. The van der Waals surface area contributed by atoms with Crippen LogP contribution in [0.1, 0.15) is 46.1 Å². The van der Waals surface area contributed by atoms with Crippen molar-refractivity contribution in [3.8, 4) is 0 Å². The van der Waals surface area contributed by atoms with Crippen LogP contribution in [0.4, 0.5) is 0 Å². The van der Waals surface area contributed by atoms with Crippen molar-refractivity contribution in [2.75, 3.05) is 6.54 Å². The first-order chi connectivity index (χ1) is 16.6. The number of carbonyl (C=O) groups excluding carboxylic acids is 3. The second kappa shape index (κ2) is 12.9. The van der Waals surface area contributed by atoms with E-state index in [2.05, 4.69) is 20.9 Å². The molecule has 10 heteroatoms. The molecule has 0 saturated heterocycles. The zero-order valence-electron chi connectivity index (χ0n) is 20.8. The van der Waals surface area contributed by atoms with E-state index in [0.717, 1.165) is 16.5 Å². The lowest BCUT2D eigenvalue weighted by Gasteiger charge is -2.27. The number of carboxylic acids is 1. The summed E-state index contributed by atoms with van der Waals surface area (Å²) in [6, 6.07) is 4.83. The number of rotatable bonds is 13. The molecule has 0 spiro atoms. The largest absolute Gasteiger partial charge is 0.480 e. The van der Waals surface area contributed by atoms with Crippen molar-refractivity contribution in [1.29, 1.82) is 0 Å². The molecule has 1 aromatic heterocycles. The van der Waals surface area contributed by atoms with Crippen LogP contribution >= 0.6 is 0 Å². The number of para-hydroxylation sites is 1. The maximum absolute atomic E-state index is 12.8. The van der Waals surface area contributed by atoms with Crippen LogP contribution in [0, 0.1) is 11.8 Å². The van der Waals surface area contributed by atoms with Crippen molar-refractivity contribution in [2.24, 2.45) is 17.6 Å². The van der Waals surface area contributed by atoms with Crippen molar-refractivity contribution >= 4 is 34.6 Å². The molecule has 1 aromatic carbocycles. The average molecular weight is 488 g/mol. The number of aromatic nitrogens is 1. The molecule has 1 heterocycles. The minimum Gasteiger partial charge on any atom is -0.480 e. The van der Waals surface area contributed by atoms with Gasteiger partial charge in [-0.15, -0.1) is 0 Å². The molecular weight excluding hydrogens is 450 g/mol. The molecule has 0 aliphatic heterocycles. The van der Waals surface area contributed by atoms with Crippen molar-refractivity contribution in [2.45, 2.75) is 65.1 Å². The Morgan fingerprint density at radius 1 is 0.971 bits per heavy atom. The third kappa shape index (κ3) is 7.54. The van der Waals surface area contributed by atoms with Gasteiger partial charge in [-0.2, -0.15) is 0 Å². The maximum atomic E-state index is 12.8. The summed E-state index contributed by atoms with van der Waals surface area (Å²) in [5, 5.41) is 18.1. The van der Waals surface area contributed by atoms with E-state index in [1.54, 1.807) is 13.8 Å². The SMILES string of the molecule is CCC(C)C(NC(=O)C(NC(=O)CNC(=O)C(N)Cc1c[nH]c2ccccc12)C(C)CC)C(=O)O. The summed E-state index contributed by atoms with van der Waals surface area (Å²) in [5.74, 6) is -3.26. The fourth-order valence-electron chi connectivity index (χ4n) is 3.78. The molecule has 0 aliphatic carbocycles. The monoisotopic (exact) mass is 487 g/mol. The van der Waals surface area contributed by atoms with Gasteiger partial charge in [0.25, 0.3) is 0 Å². The molecule has 0 bridgehead atoms. The van der Waals surface area contributed by atoms with E-state index < -0.39 is 41.8 Å². The van der Waals surface area contributed by atoms with Crippen LogP contribution in [0.5, 0.6) is 0 Å². The fourth-order valence-corrected chi connectivity index (χ4v) is 3.78. The van der Waals surface area contributed by atoms with Crippen LogP contribution in [0.3, 0.4) is 0 Å². The number of nitrogens with two attached hydrogens (primary N) is 1. The zero-order chi connectivity index (χ0) is 26.1. The zero-order valence-corrected chi connectivity index (χ0v) is 20.8. The number of H-pyrrole nitrogens is 1. The highest BCUT2D eigenvalue weighted by atomic mass is 16.4. The predicted octanol–water partition coefficient (Wildman–Crippen LogP) is 1.30. The van der Waals surface area contributed by atoms with Crippen molar-refractivity contribution in [3.05, 3.63) is 36.0 Å². The van der Waals surface area contributed by atoms with Crippen LogP contribution in [0.25, 0.3) is 10.9 Å². The second-order valence-corrected chi connectivity index (χ2v) is 9.03. The highest BCUT2D eigenvalue weighted by Gasteiger charge is 2.32. The number of carbonyl (C=O) groups is 4. The Kier molecular flexibility index (Phi) is 10.3. The Morgan fingerprint density at radius 2 is 1.60 bits per heavy atom. The van der Waals surface area contributed by atoms with Gasteiger partial charge in [0.2, 0.25) is 17.7 Å². The van der Waals surface area contributed by atoms with Gasteiger partial charge in [0.1, 0.15) is 12.1 Å². The van der Waals surface area contributed by atoms with E-state index in [1.807, 2.05) is 44.3 Å². The van der Waals surface area contributed by atoms with Gasteiger partial charge < -0.3 is 31.8 Å². The van der Waals surface area contributed by atoms with Gasteiger partial charge >= 0.3 is 5.97 Å². The van der Waals surface area contributed by atoms with E-state index >= 15 is 0 Å². The lowest BCUT2D eigenvalue weighted by Crippen LogP contribution is -2.57. The maximum Gasteiger partial charge on any atom is 0.326 e. The second-order valence-electron chi connectivity index (χ2n) is 9.03. The van der Waals surface area contributed by atoms with Crippen LogP contribution in [-0.2, 0) is 25.6 Å². The number of hydrogen-bond donors (Lipinski definition) is 6. The molecule has 0 radical (unpaired) electrons. The van der Waals surface area contributed by atoms with Gasteiger partial charge in [-0.05, 0) is 29.9 Å². The van der Waals surface area contributed by atoms with Crippen molar-refractivity contribution in [1.82, 2.24) is 20.9 Å². The van der Waals surface area contributed by atoms with Gasteiger partial charge in [-0.3, -0.25) is 14.4 Å². The number of aliphatic carboxylic acids is 1. The van der Waals surface area contributed by atoms with Crippen molar-refractivity contribution in [3.63, 3.8) is 0 Å². The van der Waals surface area contributed by atoms with Crippen LogP contribution in [0.2, 0.25) is 0 Å². The van der Waals surface area contributed by atoms with E-state index in [-0.39, 0.29) is 18.4 Å². The lowest BCUT2D eigenvalue weighted by molar-refractivity contribution is -0.144. The number of fused-ring (bicyclic) bond motifs is 1. The Morgan fingerprint density at radius 3 is 2.23 bits per heavy atom. The lowest BCUT2D eigenvalue weighted by atomic mass is 9.95. The predicted molar refractivity (Wildman–Crippen MR) is 133 cm³/mol. The van der Waals surface area contributed by atoms with E-state index in [0.29, 0.717) is 19.3 Å². The number of benzene rings is 1. The van der Waals surface area contributed by atoms with E-state index in [1.165, 1.54) is 0 Å². The van der Waals surface area contributed by atoms with Crippen LogP contribution in [0.15, 0.2) is 30.5 Å². The summed E-state index contributed by atoms with van der Waals surface area (Å²) in [6.07, 6.45) is 3.26. The highest BCUT2D eigenvalue weighted by molar-refractivity contribution is 5.93. The van der Waals surface area contributed by atoms with Crippen molar-refractivity contribution < 1.29 is 24.3 Å². The van der Waals surface area contributed by atoms with Crippen LogP contribution < -0.4 is 21.7 Å². The molecule has 5 unspecified atom stereocenters. The molecule has 2 aromatic rings. The van der Waals surface area contributed by atoms with Gasteiger partial charge in [-0.1, -0.05) is 58.7 Å². The molecule has 0 saturated carbocycles. The van der Waals surface area contributed by atoms with Crippen LogP contribution in [-0.4, -0.2) is 58.5 Å². The van der Waals surface area contributed by atoms with E-state index in [9.17, 15) is 24.3 Å². The Balaban J connectivity index is 1.94. The molecular formula is C25H37N5O5. The standard InChI is InChI=1S/C25H37N5O5/c1-5-14(3)21(24(33)30-22(25(34)35)15(4)6-2)29-20(31)13-28-23(32)18(26)11-16-12-27-19-10-8-7-9-17(16)19/h7-10,12,14-15,18,21-22,27H,5-6,11,13,26H2,1-4H3,(H,28,32)(H,29,31)(H,30,33)(H,34,35). The summed E-state index contributed by atoms with van der Waals surface area (Å²) in [7, 11) is 0. The van der Waals surface area contributed by atoms with Gasteiger partial charge in [0.15, 0.2) is 0 Å². The quantitative estimate of drug-likeness (QED) is 0.249. The number of nitrogens with one attached hydrogen (secondary N) is 4. The number of hydrogen-bond acceptors (Lipinski definition) is 5. The van der Waals surface area contributed by atoms with Gasteiger partial charge in [0.05, 0.1) is 12.6 Å². The molecule has 192 valence electrons. The third-order valence-corrected chi connectivity index (χ3v) is 6.46. The first-order valence-electron chi connectivity index (χ1n) is 12.0. The minimum atomic E-state index is -1.13. The first-order valence-corrected chi connectivity index (χ1v) is 12.0. The fraction of sp³-hybridized carbons (Fsp3) is 0.520. The smallest absolute Gasteiger partial charge is 0.326 e. The number of amides is 3. The summed E-state index contributed by atoms with van der Waals surface area (Å²) < 4.78 is 0. The van der Waals surface area contributed by atoms with Gasteiger partial charge in [-0.25, -0.2) is 4.79 Å². The minimum absolute atomic E-state index is 0.245. The molecule has 7 N–H and O–H groups in total. The summed E-state index contributed by atoms with van der Waals surface area (Å²) in [5.41, 5.74) is 7.90. The number of aromatic amines is 1. The van der Waals surface area contributed by atoms with E-state index in [4.69, 9.17) is 5.73 Å². The molecule has 0 fully saturated rings. The summed E-state index contributed by atoms with van der Waals surface area (Å²) in [6.45, 7) is 6.89. The third-order valence-electron chi connectivity index (χ3n) is 6.46. The Hall–Kier alpha value is -3.40. The number of carboxylic acid groups (broad SMARTS) is 1. The molecule has 35 heavy (non-hydrogen) atoms. The molecule has 10 nitrogen and oxygen atoms in total. The summed E-state index contributed by atoms with van der Waals surface area (Å²) in [4.78, 5) is 52.6. The topological polar surface area (TPSA) is 166 Å². The Bertz CT molecular complexity index is 1040. The normalized spacial score (nSPS) is 15.5. The summed E-state index contributed by atoms with van der Waals surface area (Å²) >= 11 is 0. The van der Waals surface area contributed by atoms with Gasteiger partial charge in [0, 0.05) is 17.1 Å². The Labute approximate surface area is 205 Å². The highest BCUT2D eigenvalue weighted by Crippen LogP contribution is 2.18. The first kappa shape index (κ1) is 27.8.